The molecule has 0 aliphatic carbocycles. The van der Waals surface area contributed by atoms with Crippen LogP contribution in [0.1, 0.15) is 10.5 Å². The number of ether oxygens (including phenoxy) is 3. The molecule has 1 atom stereocenters. The van der Waals surface area contributed by atoms with E-state index in [1.54, 1.807) is 0 Å². The van der Waals surface area contributed by atoms with Crippen LogP contribution in [0.4, 0.5) is 0 Å². The lowest BCUT2D eigenvalue weighted by Crippen LogP contribution is -2.33. The molecule has 7 nitrogen and oxygen atoms in total. The lowest BCUT2D eigenvalue weighted by atomic mass is 10.2. The number of aromatic nitrogens is 3. The number of para-hydroxylation sites is 2. The van der Waals surface area contributed by atoms with Gasteiger partial charge in [0.2, 0.25) is 0 Å². The molecule has 1 aliphatic rings. The largest absolute Gasteiger partial charge is 0.486 e. The average molecular weight is 275 g/mol. The molecule has 0 saturated heterocycles. The highest BCUT2D eigenvalue weighted by Crippen LogP contribution is 2.31. The van der Waals surface area contributed by atoms with Crippen LogP contribution in [0.3, 0.4) is 0 Å². The summed E-state index contributed by atoms with van der Waals surface area (Å²) < 4.78 is 17.5. The van der Waals surface area contributed by atoms with Crippen molar-refractivity contribution in [3.8, 4) is 11.5 Å². The molecule has 7 heteroatoms. The van der Waals surface area contributed by atoms with E-state index in [1.165, 1.54) is 18.0 Å². The molecule has 0 amide bonds. The number of carbonyl (C=O) groups is 1. The summed E-state index contributed by atoms with van der Waals surface area (Å²) in [7, 11) is 1.30. The topological polar surface area (TPSA) is 75.5 Å². The van der Waals surface area contributed by atoms with Gasteiger partial charge in [-0.25, -0.2) is 9.48 Å². The van der Waals surface area contributed by atoms with E-state index < -0.39 is 5.97 Å². The van der Waals surface area contributed by atoms with Crippen LogP contribution in [0, 0.1) is 0 Å². The predicted octanol–water partition coefficient (Wildman–Crippen LogP) is 0.905. The summed E-state index contributed by atoms with van der Waals surface area (Å²) in [6, 6.07) is 7.48. The van der Waals surface area contributed by atoms with Gasteiger partial charge in [0.05, 0.1) is 19.9 Å². The predicted molar refractivity (Wildman–Crippen MR) is 67.7 cm³/mol. The molecule has 0 fully saturated rings. The smallest absolute Gasteiger partial charge is 0.360 e. The highest BCUT2D eigenvalue weighted by atomic mass is 16.6. The first-order valence-electron chi connectivity index (χ1n) is 6.13. The molecule has 1 aliphatic heterocycles. The molecule has 1 aromatic carbocycles. The Bertz CT molecular complexity index is 626. The zero-order valence-corrected chi connectivity index (χ0v) is 10.9. The molecule has 0 spiro atoms. The number of nitrogens with zero attached hydrogens (tertiary/aromatic N) is 3. The molecule has 1 unspecified atom stereocenters. The van der Waals surface area contributed by atoms with Gasteiger partial charge in [-0.15, -0.1) is 5.10 Å². The van der Waals surface area contributed by atoms with Crippen molar-refractivity contribution < 1.29 is 19.0 Å². The molecule has 0 radical (unpaired) electrons. The molecule has 2 heterocycles. The lowest BCUT2D eigenvalue weighted by molar-refractivity contribution is 0.0593. The van der Waals surface area contributed by atoms with Crippen LogP contribution < -0.4 is 9.47 Å². The first-order valence-corrected chi connectivity index (χ1v) is 6.13. The van der Waals surface area contributed by atoms with E-state index in [0.29, 0.717) is 18.9 Å². The Morgan fingerprint density at radius 2 is 2.25 bits per heavy atom. The lowest BCUT2D eigenvalue weighted by Gasteiger charge is -2.26. The quantitative estimate of drug-likeness (QED) is 0.775. The Hall–Kier alpha value is -2.57. The number of carbonyl (C=O) groups excluding carboxylic acids is 1. The summed E-state index contributed by atoms with van der Waals surface area (Å²) in [5.74, 6) is 0.928. The Kier molecular flexibility index (Phi) is 3.24. The van der Waals surface area contributed by atoms with Gasteiger partial charge in [-0.2, -0.15) is 0 Å². The number of hydrogen-bond acceptors (Lipinski definition) is 6. The number of methoxy groups -OCH3 is 1. The van der Waals surface area contributed by atoms with E-state index >= 15 is 0 Å². The Labute approximate surface area is 115 Å². The minimum atomic E-state index is -0.512. The van der Waals surface area contributed by atoms with Gasteiger partial charge in [0.25, 0.3) is 0 Å². The van der Waals surface area contributed by atoms with Crippen LogP contribution >= 0.6 is 0 Å². The van der Waals surface area contributed by atoms with Crippen LogP contribution in [0.2, 0.25) is 0 Å². The fraction of sp³-hybridized carbons (Fsp3) is 0.308. The average Bonchev–Trinajstić information content (AvgIpc) is 2.95. The van der Waals surface area contributed by atoms with Crippen LogP contribution in [0.15, 0.2) is 30.5 Å². The van der Waals surface area contributed by atoms with Crippen molar-refractivity contribution in [1.82, 2.24) is 15.0 Å². The maximum atomic E-state index is 11.3. The van der Waals surface area contributed by atoms with Gasteiger partial charge in [-0.1, -0.05) is 17.3 Å². The third kappa shape index (κ3) is 2.42. The van der Waals surface area contributed by atoms with E-state index in [9.17, 15) is 4.79 Å². The molecule has 0 bridgehead atoms. The molecule has 0 saturated carbocycles. The van der Waals surface area contributed by atoms with Gasteiger partial charge in [0, 0.05) is 0 Å². The zero-order chi connectivity index (χ0) is 13.9. The van der Waals surface area contributed by atoms with Crippen LogP contribution in [0.5, 0.6) is 11.5 Å². The number of benzene rings is 1. The minimum Gasteiger partial charge on any atom is -0.486 e. The van der Waals surface area contributed by atoms with E-state index in [1.807, 2.05) is 24.3 Å². The van der Waals surface area contributed by atoms with Crippen LogP contribution in [-0.2, 0) is 11.3 Å². The van der Waals surface area contributed by atoms with Crippen molar-refractivity contribution in [2.24, 2.45) is 0 Å². The Balaban J connectivity index is 1.68. The summed E-state index contributed by atoms with van der Waals surface area (Å²) in [6.07, 6.45) is 1.34. The molecule has 2 aromatic rings. The molecular weight excluding hydrogens is 262 g/mol. The fourth-order valence-corrected chi connectivity index (χ4v) is 1.95. The Morgan fingerprint density at radius 1 is 1.45 bits per heavy atom. The van der Waals surface area contributed by atoms with Crippen LogP contribution in [-0.4, -0.2) is 40.8 Å². The van der Waals surface area contributed by atoms with E-state index in [4.69, 9.17) is 9.47 Å². The molecule has 104 valence electrons. The molecule has 0 N–H and O–H groups in total. The van der Waals surface area contributed by atoms with Crippen molar-refractivity contribution >= 4 is 5.97 Å². The monoisotopic (exact) mass is 275 g/mol. The van der Waals surface area contributed by atoms with Crippen molar-refractivity contribution in [2.75, 3.05) is 13.7 Å². The molecule has 1 aromatic heterocycles. The molecular formula is C13H13N3O4. The van der Waals surface area contributed by atoms with Gasteiger partial charge in [0.1, 0.15) is 6.61 Å². The normalized spacial score (nSPS) is 16.8. The standard InChI is InChI=1S/C13H13N3O4/c1-18-13(17)10-7-16(15-14-10)6-9-8-19-11-4-2-3-5-12(11)20-9/h2-5,7,9H,6,8H2,1H3. The number of rotatable bonds is 3. The van der Waals surface area contributed by atoms with Gasteiger partial charge in [0.15, 0.2) is 23.3 Å². The van der Waals surface area contributed by atoms with E-state index in [2.05, 4.69) is 15.0 Å². The van der Waals surface area contributed by atoms with Crippen molar-refractivity contribution in [1.29, 1.82) is 0 Å². The second kappa shape index (κ2) is 5.20. The number of fused-ring (bicyclic) bond motifs is 1. The highest BCUT2D eigenvalue weighted by Gasteiger charge is 2.22. The van der Waals surface area contributed by atoms with E-state index in [-0.39, 0.29) is 11.8 Å². The molecule has 20 heavy (non-hydrogen) atoms. The third-order valence-electron chi connectivity index (χ3n) is 2.89. The van der Waals surface area contributed by atoms with Gasteiger partial charge >= 0.3 is 5.97 Å². The summed E-state index contributed by atoms with van der Waals surface area (Å²) in [6.45, 7) is 0.864. The SMILES string of the molecule is COC(=O)c1cn(CC2COc3ccccc3O2)nn1. The van der Waals surface area contributed by atoms with Gasteiger partial charge in [-0.05, 0) is 12.1 Å². The van der Waals surface area contributed by atoms with Gasteiger partial charge in [-0.3, -0.25) is 0 Å². The summed E-state index contributed by atoms with van der Waals surface area (Å²) in [4.78, 5) is 11.3. The maximum absolute atomic E-state index is 11.3. The fourth-order valence-electron chi connectivity index (χ4n) is 1.95. The third-order valence-corrected chi connectivity index (χ3v) is 2.89. The summed E-state index contributed by atoms with van der Waals surface area (Å²) in [5, 5.41) is 7.60. The number of esters is 1. The van der Waals surface area contributed by atoms with Crippen molar-refractivity contribution in [3.05, 3.63) is 36.2 Å². The highest BCUT2D eigenvalue weighted by molar-refractivity contribution is 5.86. The van der Waals surface area contributed by atoms with Gasteiger partial charge < -0.3 is 14.2 Å². The summed E-state index contributed by atoms with van der Waals surface area (Å²) in [5.41, 5.74) is 0.171. The van der Waals surface area contributed by atoms with Crippen molar-refractivity contribution in [3.63, 3.8) is 0 Å². The number of hydrogen-bond donors (Lipinski definition) is 0. The first-order chi connectivity index (χ1) is 9.76. The second-order valence-corrected chi connectivity index (χ2v) is 4.32. The zero-order valence-electron chi connectivity index (χ0n) is 10.9. The first kappa shape index (κ1) is 12.5. The second-order valence-electron chi connectivity index (χ2n) is 4.32. The Morgan fingerprint density at radius 3 is 3.05 bits per heavy atom. The minimum absolute atomic E-state index is 0.171. The van der Waals surface area contributed by atoms with E-state index in [0.717, 1.165) is 5.75 Å². The van der Waals surface area contributed by atoms with Crippen LogP contribution in [0.25, 0.3) is 0 Å². The van der Waals surface area contributed by atoms with Crippen molar-refractivity contribution in [2.45, 2.75) is 12.6 Å². The maximum Gasteiger partial charge on any atom is 0.360 e. The summed E-state index contributed by atoms with van der Waals surface area (Å²) >= 11 is 0. The molecule has 3 rings (SSSR count).